The second-order valence-electron chi connectivity index (χ2n) is 11.5. The standard InChI is InChI=1S/C13H21N3O7S.C13H21N3O4/c1-3-8(2)11(17)6-14-12(18)10-5-4-9-7-15(10)13(19)16(9)23-24(20,21)22;1-3-8(2)11(17)6-14-12(18)10-5-4-9-7-15(10)13(19)16(9)20/h8-10H,3-7H2,1-2H3,(H,14,18)(H,20,21,22);8-10,20H,3-7H2,1-2H3,(H,14,18)/t2*8?,9-,10+/m11/s1. The molecule has 18 heteroatoms. The molecule has 4 rings (SSSR count). The zero-order chi connectivity index (χ0) is 32.9. The Hall–Kier alpha value is -3.35. The van der Waals surface area contributed by atoms with Crippen LogP contribution in [0, 0.1) is 11.8 Å². The van der Waals surface area contributed by atoms with Gasteiger partial charge in [0, 0.05) is 24.9 Å². The highest BCUT2D eigenvalue weighted by molar-refractivity contribution is 7.80. The van der Waals surface area contributed by atoms with Crippen LogP contribution in [0.2, 0.25) is 0 Å². The van der Waals surface area contributed by atoms with Crippen LogP contribution in [0.15, 0.2) is 0 Å². The van der Waals surface area contributed by atoms with E-state index in [0.29, 0.717) is 48.8 Å². The van der Waals surface area contributed by atoms with E-state index < -0.39 is 46.5 Å². The minimum Gasteiger partial charge on any atom is -0.347 e. The molecule has 4 bridgehead atoms. The van der Waals surface area contributed by atoms with Crippen LogP contribution < -0.4 is 10.6 Å². The van der Waals surface area contributed by atoms with E-state index in [1.165, 1.54) is 9.80 Å². The van der Waals surface area contributed by atoms with Crippen LogP contribution in [0.3, 0.4) is 0 Å². The molecule has 4 heterocycles. The van der Waals surface area contributed by atoms with Crippen molar-refractivity contribution >= 4 is 45.8 Å². The number of carbonyl (C=O) groups is 6. The molecule has 44 heavy (non-hydrogen) atoms. The lowest BCUT2D eigenvalue weighted by atomic mass is 10.00. The minimum atomic E-state index is -4.82. The van der Waals surface area contributed by atoms with Gasteiger partial charge in [-0.2, -0.15) is 13.5 Å². The first-order chi connectivity index (χ1) is 20.6. The third kappa shape index (κ3) is 8.22. The average molecular weight is 647 g/mol. The normalized spacial score (nSPS) is 25.7. The van der Waals surface area contributed by atoms with Crippen molar-refractivity contribution in [2.75, 3.05) is 26.2 Å². The van der Waals surface area contributed by atoms with E-state index in [4.69, 9.17) is 4.55 Å². The number of carbonyl (C=O) groups excluding carboxylic acids is 6. The molecule has 4 aliphatic heterocycles. The maximum absolute atomic E-state index is 12.3. The van der Waals surface area contributed by atoms with Crippen molar-refractivity contribution in [1.82, 2.24) is 30.6 Å². The van der Waals surface area contributed by atoms with Crippen LogP contribution in [-0.2, 0) is 33.9 Å². The van der Waals surface area contributed by atoms with Gasteiger partial charge in [-0.3, -0.25) is 28.9 Å². The number of hydrogen-bond donors (Lipinski definition) is 4. The zero-order valence-corrected chi connectivity index (χ0v) is 26.1. The van der Waals surface area contributed by atoms with Gasteiger partial charge in [0.25, 0.3) is 0 Å². The Bertz CT molecular complexity index is 1250. The molecule has 0 aliphatic carbocycles. The van der Waals surface area contributed by atoms with Gasteiger partial charge in [-0.1, -0.05) is 27.7 Å². The van der Waals surface area contributed by atoms with Crippen molar-refractivity contribution in [1.29, 1.82) is 0 Å². The highest BCUT2D eigenvalue weighted by atomic mass is 32.3. The zero-order valence-electron chi connectivity index (χ0n) is 25.3. The number of rotatable bonds is 12. The van der Waals surface area contributed by atoms with Gasteiger partial charge in [0.2, 0.25) is 11.8 Å². The fourth-order valence-corrected chi connectivity index (χ4v) is 5.80. The van der Waals surface area contributed by atoms with Crippen LogP contribution in [-0.4, -0.2) is 124 Å². The van der Waals surface area contributed by atoms with E-state index in [9.17, 15) is 42.4 Å². The van der Waals surface area contributed by atoms with Crippen LogP contribution in [0.25, 0.3) is 0 Å². The first-order valence-corrected chi connectivity index (χ1v) is 16.1. The number of hydroxylamine groups is 4. The van der Waals surface area contributed by atoms with E-state index >= 15 is 0 Å². The molecule has 2 unspecified atom stereocenters. The summed E-state index contributed by atoms with van der Waals surface area (Å²) < 4.78 is 34.6. The van der Waals surface area contributed by atoms with E-state index in [0.717, 1.165) is 6.42 Å². The van der Waals surface area contributed by atoms with Gasteiger partial charge < -0.3 is 20.4 Å². The summed E-state index contributed by atoms with van der Waals surface area (Å²) in [6.07, 6.45) is 3.17. The van der Waals surface area contributed by atoms with Gasteiger partial charge in [0.05, 0.1) is 25.2 Å². The lowest BCUT2D eigenvalue weighted by Crippen LogP contribution is -2.50. The molecule has 0 aromatic rings. The Morgan fingerprint density at radius 3 is 1.70 bits per heavy atom. The number of fused-ring (bicyclic) bond motifs is 4. The molecule has 0 radical (unpaired) electrons. The Morgan fingerprint density at radius 2 is 1.25 bits per heavy atom. The largest absolute Gasteiger partial charge is 0.418 e. The lowest BCUT2D eigenvalue weighted by Gasteiger charge is -2.29. The van der Waals surface area contributed by atoms with Crippen molar-refractivity contribution in [3.63, 3.8) is 0 Å². The average Bonchev–Trinajstić information content (AvgIpc) is 3.36. The van der Waals surface area contributed by atoms with E-state index in [-0.39, 0.29) is 55.0 Å². The molecule has 0 spiro atoms. The predicted molar refractivity (Wildman–Crippen MR) is 151 cm³/mol. The molecule has 17 nitrogen and oxygen atoms in total. The van der Waals surface area contributed by atoms with Crippen molar-refractivity contribution in [3.8, 4) is 0 Å². The van der Waals surface area contributed by atoms with Crippen molar-refractivity contribution in [2.24, 2.45) is 11.8 Å². The van der Waals surface area contributed by atoms with Crippen LogP contribution >= 0.6 is 0 Å². The summed E-state index contributed by atoms with van der Waals surface area (Å²) in [5.41, 5.74) is 0. The maximum Gasteiger partial charge on any atom is 0.418 e. The SMILES string of the molecule is CCC(C)C(=O)CNC(=O)[C@@H]1CC[C@@H]2CN1C(=O)N2O.CCC(C)C(=O)CNC(=O)[C@@H]1CC[C@@H]2CN1C(=O)N2OS(=O)(=O)O. The van der Waals surface area contributed by atoms with Gasteiger partial charge in [-0.05, 0) is 38.5 Å². The quantitative estimate of drug-likeness (QED) is 0.164. The summed E-state index contributed by atoms with van der Waals surface area (Å²) in [4.78, 5) is 74.3. The second kappa shape index (κ2) is 14.6. The number of piperidine rings is 2. The maximum atomic E-state index is 12.3. The molecule has 4 N–H and O–H groups in total. The van der Waals surface area contributed by atoms with Gasteiger partial charge >= 0.3 is 22.5 Å². The number of nitrogens with one attached hydrogen (secondary N) is 2. The number of Topliss-reactive ketones (excluding diaryl/α,β-unsaturated/α-hetero) is 2. The molecule has 4 aliphatic rings. The monoisotopic (exact) mass is 646 g/mol. The topological polar surface area (TPSA) is 223 Å². The van der Waals surface area contributed by atoms with Gasteiger partial charge in [-0.25, -0.2) is 14.7 Å². The summed E-state index contributed by atoms with van der Waals surface area (Å²) in [6.45, 7) is 7.77. The first kappa shape index (κ1) is 35.1. The highest BCUT2D eigenvalue weighted by Gasteiger charge is 2.49. The second-order valence-corrected chi connectivity index (χ2v) is 12.5. The first-order valence-electron chi connectivity index (χ1n) is 14.8. The Kier molecular flexibility index (Phi) is 11.7. The van der Waals surface area contributed by atoms with Gasteiger partial charge in [0.1, 0.15) is 12.1 Å². The number of ketones is 2. The van der Waals surface area contributed by atoms with Gasteiger partial charge in [0.15, 0.2) is 11.6 Å². The summed E-state index contributed by atoms with van der Waals surface area (Å²) >= 11 is 0. The van der Waals surface area contributed by atoms with Crippen molar-refractivity contribution < 1.29 is 51.2 Å². The molecular weight excluding hydrogens is 604 g/mol. The summed E-state index contributed by atoms with van der Waals surface area (Å²) in [5.74, 6) is -1.12. The molecule has 0 aromatic heterocycles. The van der Waals surface area contributed by atoms with Crippen molar-refractivity contribution in [3.05, 3.63) is 0 Å². The van der Waals surface area contributed by atoms with E-state index in [1.807, 2.05) is 20.8 Å². The lowest BCUT2D eigenvalue weighted by molar-refractivity contribution is -0.129. The molecular formula is C26H42N6O11S. The van der Waals surface area contributed by atoms with Crippen LogP contribution in [0.4, 0.5) is 9.59 Å². The molecule has 4 fully saturated rings. The summed E-state index contributed by atoms with van der Waals surface area (Å²) in [5, 5.41) is 16.0. The van der Waals surface area contributed by atoms with E-state index in [2.05, 4.69) is 14.9 Å². The Balaban J connectivity index is 0.000000244. The summed E-state index contributed by atoms with van der Waals surface area (Å²) in [7, 11) is -4.82. The third-order valence-electron chi connectivity index (χ3n) is 8.64. The molecule has 0 aromatic carbocycles. The molecule has 6 atom stereocenters. The highest BCUT2D eigenvalue weighted by Crippen LogP contribution is 2.31. The van der Waals surface area contributed by atoms with Gasteiger partial charge in [-0.15, -0.1) is 4.28 Å². The summed E-state index contributed by atoms with van der Waals surface area (Å²) in [6, 6.07) is -3.47. The molecule has 248 valence electrons. The molecule has 6 amide bonds. The van der Waals surface area contributed by atoms with Crippen LogP contribution in [0.1, 0.15) is 66.2 Å². The minimum absolute atomic E-state index is 0.00135. The molecule has 0 saturated carbocycles. The fourth-order valence-electron chi connectivity index (χ4n) is 5.42. The third-order valence-corrected chi connectivity index (χ3v) is 8.99. The van der Waals surface area contributed by atoms with Crippen LogP contribution in [0.5, 0.6) is 0 Å². The Labute approximate surface area is 256 Å². The van der Waals surface area contributed by atoms with Crippen molar-refractivity contribution in [2.45, 2.75) is 90.4 Å². The number of amides is 6. The van der Waals surface area contributed by atoms with E-state index in [1.54, 1.807) is 6.92 Å². The molecule has 4 saturated heterocycles. The number of nitrogens with zero attached hydrogens (tertiary/aromatic N) is 4. The number of hydrogen-bond acceptors (Lipinski definition) is 10. The predicted octanol–water partition coefficient (Wildman–Crippen LogP) is 0.0964. The number of urea groups is 2. The fraction of sp³-hybridized carbons (Fsp3) is 0.769. The Morgan fingerprint density at radius 1 is 0.818 bits per heavy atom. The smallest absolute Gasteiger partial charge is 0.347 e.